The molecule has 1 heterocycles. The van der Waals surface area contributed by atoms with E-state index in [9.17, 15) is 4.39 Å². The number of rotatable bonds is 5. The summed E-state index contributed by atoms with van der Waals surface area (Å²) in [5.74, 6) is 0.558. The molecule has 21 heavy (non-hydrogen) atoms. The van der Waals surface area contributed by atoms with Gasteiger partial charge in [0.05, 0.1) is 7.11 Å². The van der Waals surface area contributed by atoms with Crippen LogP contribution in [0.3, 0.4) is 0 Å². The van der Waals surface area contributed by atoms with Crippen molar-refractivity contribution in [2.24, 2.45) is 5.92 Å². The first kappa shape index (κ1) is 16.2. The second kappa shape index (κ2) is 7.23. The van der Waals surface area contributed by atoms with Gasteiger partial charge in [-0.15, -0.1) is 0 Å². The molecule has 2 atom stereocenters. The topological polar surface area (TPSA) is 24.5 Å². The molecule has 4 heteroatoms. The third-order valence-electron chi connectivity index (χ3n) is 4.44. The molecule has 0 spiro atoms. The third kappa shape index (κ3) is 3.55. The predicted octanol–water partition coefficient (Wildman–Crippen LogP) is 3.22. The Morgan fingerprint density at radius 2 is 2.19 bits per heavy atom. The van der Waals surface area contributed by atoms with Crippen LogP contribution in [0, 0.1) is 11.7 Å². The number of benzene rings is 1. The molecule has 1 N–H and O–H groups in total. The maximum atomic E-state index is 14.1. The fourth-order valence-corrected chi connectivity index (χ4v) is 3.49. The Kier molecular flexibility index (Phi) is 5.59. The van der Waals surface area contributed by atoms with E-state index in [0.717, 1.165) is 18.7 Å². The van der Waals surface area contributed by atoms with Crippen LogP contribution < -0.4 is 10.1 Å². The number of nitrogens with zero attached hydrogens (tertiary/aromatic N) is 1. The van der Waals surface area contributed by atoms with Crippen molar-refractivity contribution in [3.8, 4) is 5.75 Å². The molecule has 3 nitrogen and oxygen atoms in total. The van der Waals surface area contributed by atoms with Gasteiger partial charge in [0.25, 0.3) is 0 Å². The van der Waals surface area contributed by atoms with Crippen LogP contribution >= 0.6 is 0 Å². The summed E-state index contributed by atoms with van der Waals surface area (Å²) < 4.78 is 19.1. The molecular weight excluding hydrogens is 267 g/mol. The van der Waals surface area contributed by atoms with Crippen molar-refractivity contribution in [2.45, 2.75) is 38.8 Å². The van der Waals surface area contributed by atoms with E-state index in [1.54, 1.807) is 12.1 Å². The lowest BCUT2D eigenvalue weighted by Gasteiger charge is -2.44. The maximum Gasteiger partial charge on any atom is 0.165 e. The van der Waals surface area contributed by atoms with Crippen molar-refractivity contribution in [1.29, 1.82) is 0 Å². The van der Waals surface area contributed by atoms with Gasteiger partial charge in [-0.1, -0.05) is 6.07 Å². The van der Waals surface area contributed by atoms with Crippen LogP contribution in [-0.4, -0.2) is 38.2 Å². The van der Waals surface area contributed by atoms with Crippen LogP contribution in [0.1, 0.15) is 38.3 Å². The zero-order valence-electron chi connectivity index (χ0n) is 13.5. The SMILES string of the molecule is CNCC1CCCN(C(C)C)C1c1ccc(OC)c(F)c1. The van der Waals surface area contributed by atoms with Crippen molar-refractivity contribution in [3.05, 3.63) is 29.6 Å². The number of ether oxygens (including phenoxy) is 1. The van der Waals surface area contributed by atoms with Crippen LogP contribution in [0.2, 0.25) is 0 Å². The number of hydrogen-bond acceptors (Lipinski definition) is 3. The van der Waals surface area contributed by atoms with E-state index in [1.165, 1.54) is 20.0 Å². The summed E-state index contributed by atoms with van der Waals surface area (Å²) >= 11 is 0. The molecule has 118 valence electrons. The van der Waals surface area contributed by atoms with Gasteiger partial charge >= 0.3 is 0 Å². The first-order valence-electron chi connectivity index (χ1n) is 7.82. The van der Waals surface area contributed by atoms with Crippen LogP contribution in [0.15, 0.2) is 18.2 Å². The third-order valence-corrected chi connectivity index (χ3v) is 4.44. The molecule has 1 aliphatic heterocycles. The van der Waals surface area contributed by atoms with E-state index >= 15 is 0 Å². The van der Waals surface area contributed by atoms with Gasteiger partial charge in [0.1, 0.15) is 0 Å². The van der Waals surface area contributed by atoms with Gasteiger partial charge in [-0.25, -0.2) is 4.39 Å². The first-order valence-corrected chi connectivity index (χ1v) is 7.82. The minimum atomic E-state index is -0.271. The highest BCUT2D eigenvalue weighted by Crippen LogP contribution is 2.38. The van der Waals surface area contributed by atoms with Crippen molar-refractivity contribution in [3.63, 3.8) is 0 Å². The van der Waals surface area contributed by atoms with E-state index in [0.29, 0.717) is 17.7 Å². The lowest BCUT2D eigenvalue weighted by molar-refractivity contribution is 0.0634. The number of halogens is 1. The van der Waals surface area contributed by atoms with Gasteiger partial charge in [-0.3, -0.25) is 4.90 Å². The Morgan fingerprint density at radius 3 is 2.76 bits per heavy atom. The molecule has 2 rings (SSSR count). The highest BCUT2D eigenvalue weighted by molar-refractivity contribution is 5.31. The molecule has 0 amide bonds. The van der Waals surface area contributed by atoms with Crippen LogP contribution in [0.25, 0.3) is 0 Å². The Balaban J connectivity index is 2.34. The lowest BCUT2D eigenvalue weighted by atomic mass is 9.83. The summed E-state index contributed by atoms with van der Waals surface area (Å²) in [7, 11) is 3.49. The lowest BCUT2D eigenvalue weighted by Crippen LogP contribution is -2.45. The smallest absolute Gasteiger partial charge is 0.165 e. The average molecular weight is 294 g/mol. The molecule has 0 saturated carbocycles. The van der Waals surface area contributed by atoms with E-state index < -0.39 is 0 Å². The molecule has 0 aromatic heterocycles. The van der Waals surface area contributed by atoms with Gasteiger partial charge < -0.3 is 10.1 Å². The fourth-order valence-electron chi connectivity index (χ4n) is 3.49. The number of hydrogen-bond donors (Lipinski definition) is 1. The molecule has 1 aromatic rings. The first-order chi connectivity index (χ1) is 10.1. The van der Waals surface area contributed by atoms with Gasteiger partial charge in [0.15, 0.2) is 11.6 Å². The minimum Gasteiger partial charge on any atom is -0.494 e. The summed E-state index contributed by atoms with van der Waals surface area (Å²) in [6, 6.07) is 6.13. The number of piperidine rings is 1. The summed E-state index contributed by atoms with van der Waals surface area (Å²) in [6.07, 6.45) is 2.39. The molecule has 1 aliphatic rings. The summed E-state index contributed by atoms with van der Waals surface area (Å²) in [5, 5.41) is 3.29. The Hall–Kier alpha value is -1.13. The van der Waals surface area contributed by atoms with E-state index in [4.69, 9.17) is 4.74 Å². The molecule has 1 fully saturated rings. The van der Waals surface area contributed by atoms with Gasteiger partial charge in [0, 0.05) is 12.1 Å². The highest BCUT2D eigenvalue weighted by Gasteiger charge is 2.33. The van der Waals surface area contributed by atoms with Crippen molar-refractivity contribution in [1.82, 2.24) is 10.2 Å². The van der Waals surface area contributed by atoms with Gasteiger partial charge in [0.2, 0.25) is 0 Å². The van der Waals surface area contributed by atoms with E-state index in [1.807, 2.05) is 13.1 Å². The number of nitrogens with one attached hydrogen (secondary N) is 1. The highest BCUT2D eigenvalue weighted by atomic mass is 19.1. The predicted molar refractivity (Wildman–Crippen MR) is 84.2 cm³/mol. The maximum absolute atomic E-state index is 14.1. The zero-order valence-corrected chi connectivity index (χ0v) is 13.5. The van der Waals surface area contributed by atoms with Crippen LogP contribution in [0.5, 0.6) is 5.75 Å². The van der Waals surface area contributed by atoms with E-state index in [2.05, 4.69) is 24.1 Å². The molecule has 1 saturated heterocycles. The van der Waals surface area contributed by atoms with Crippen molar-refractivity contribution < 1.29 is 9.13 Å². The average Bonchev–Trinajstić information content (AvgIpc) is 2.47. The second-order valence-electron chi connectivity index (χ2n) is 6.13. The molecular formula is C17H27FN2O. The molecule has 0 bridgehead atoms. The monoisotopic (exact) mass is 294 g/mol. The molecule has 1 aromatic carbocycles. The number of likely N-dealkylation sites (tertiary alicyclic amines) is 1. The minimum absolute atomic E-state index is 0.270. The van der Waals surface area contributed by atoms with E-state index in [-0.39, 0.29) is 11.9 Å². The Bertz CT molecular complexity index is 462. The zero-order chi connectivity index (χ0) is 15.4. The van der Waals surface area contributed by atoms with Gasteiger partial charge in [-0.2, -0.15) is 0 Å². The van der Waals surface area contributed by atoms with Crippen LogP contribution in [-0.2, 0) is 0 Å². The van der Waals surface area contributed by atoms with Gasteiger partial charge in [-0.05, 0) is 70.4 Å². The quantitative estimate of drug-likeness (QED) is 0.902. The molecule has 0 radical (unpaired) electrons. The molecule has 2 unspecified atom stereocenters. The van der Waals surface area contributed by atoms with Crippen molar-refractivity contribution >= 4 is 0 Å². The van der Waals surface area contributed by atoms with Crippen molar-refractivity contribution in [2.75, 3.05) is 27.2 Å². The number of methoxy groups -OCH3 is 1. The largest absolute Gasteiger partial charge is 0.494 e. The Morgan fingerprint density at radius 1 is 1.43 bits per heavy atom. The normalized spacial score (nSPS) is 23.5. The fraction of sp³-hybridized carbons (Fsp3) is 0.647. The molecule has 0 aliphatic carbocycles. The summed E-state index contributed by atoms with van der Waals surface area (Å²) in [6.45, 7) is 6.47. The van der Waals surface area contributed by atoms with Crippen LogP contribution in [0.4, 0.5) is 4.39 Å². The Labute approximate surface area is 127 Å². The standard InChI is InChI=1S/C17H27FN2O/c1-12(2)20-9-5-6-14(11-19-3)17(20)13-7-8-16(21-4)15(18)10-13/h7-8,10,12,14,17,19H,5-6,9,11H2,1-4H3. The summed E-state index contributed by atoms with van der Waals surface area (Å²) in [5.41, 5.74) is 1.06. The second-order valence-corrected chi connectivity index (χ2v) is 6.13. The summed E-state index contributed by atoms with van der Waals surface area (Å²) in [4.78, 5) is 2.49.